The van der Waals surface area contributed by atoms with Gasteiger partial charge in [-0.25, -0.2) is 0 Å². The van der Waals surface area contributed by atoms with Gasteiger partial charge in [0.25, 0.3) is 0 Å². The summed E-state index contributed by atoms with van der Waals surface area (Å²) in [7, 11) is 4.32. The lowest BCUT2D eigenvalue weighted by atomic mass is 10.2. The number of aliphatic imine (C=N–C) groups is 1. The maximum Gasteiger partial charge on any atom is 0.113 e. The van der Waals surface area contributed by atoms with E-state index in [9.17, 15) is 0 Å². The molecule has 86 valence electrons. The molecule has 0 aromatic carbocycles. The summed E-state index contributed by atoms with van der Waals surface area (Å²) in [6.07, 6.45) is 3.68. The third-order valence-electron chi connectivity index (χ3n) is 3.29. The van der Waals surface area contributed by atoms with Crippen LogP contribution in [0, 0.1) is 0 Å². The van der Waals surface area contributed by atoms with E-state index in [4.69, 9.17) is 5.73 Å². The average molecular weight is 210 g/mol. The molecule has 2 aliphatic rings. The summed E-state index contributed by atoms with van der Waals surface area (Å²) in [5, 5.41) is 0. The van der Waals surface area contributed by atoms with Crippen LogP contribution in [0.5, 0.6) is 0 Å². The third-order valence-corrected chi connectivity index (χ3v) is 3.29. The van der Waals surface area contributed by atoms with Crippen molar-refractivity contribution < 1.29 is 0 Å². The quantitative estimate of drug-likeness (QED) is 0.521. The maximum atomic E-state index is 6.09. The van der Waals surface area contributed by atoms with Crippen molar-refractivity contribution in [1.29, 1.82) is 0 Å². The first-order valence-corrected chi connectivity index (χ1v) is 5.89. The number of hydrogen-bond acceptors (Lipinski definition) is 3. The van der Waals surface area contributed by atoms with Crippen LogP contribution in [0.2, 0.25) is 0 Å². The van der Waals surface area contributed by atoms with E-state index in [1.165, 1.54) is 19.3 Å². The van der Waals surface area contributed by atoms with Gasteiger partial charge >= 0.3 is 0 Å². The Morgan fingerprint density at radius 3 is 2.67 bits per heavy atom. The first-order chi connectivity index (χ1) is 7.16. The molecule has 1 heterocycles. The highest BCUT2D eigenvalue weighted by Crippen LogP contribution is 2.24. The Morgan fingerprint density at radius 1 is 1.27 bits per heavy atom. The Morgan fingerprint density at radius 2 is 2.00 bits per heavy atom. The smallest absolute Gasteiger partial charge is 0.113 e. The molecule has 1 saturated carbocycles. The molecule has 2 rings (SSSR count). The lowest BCUT2D eigenvalue weighted by Gasteiger charge is -2.26. The fraction of sp³-hybridized carbons (Fsp3) is 0.909. The summed E-state index contributed by atoms with van der Waals surface area (Å²) >= 11 is 0. The number of rotatable bonds is 2. The SMILES string of the molecule is CN1CCCN(C)C(C(N)=NC2CC2)C1. The van der Waals surface area contributed by atoms with Crippen LogP contribution in [0.4, 0.5) is 0 Å². The summed E-state index contributed by atoms with van der Waals surface area (Å²) in [5.74, 6) is 0.841. The molecule has 0 amide bonds. The highest BCUT2D eigenvalue weighted by atomic mass is 15.2. The van der Waals surface area contributed by atoms with Gasteiger partial charge < -0.3 is 10.6 Å². The number of nitrogens with two attached hydrogens (primary N) is 1. The molecule has 0 bridgehead atoms. The van der Waals surface area contributed by atoms with Gasteiger partial charge in [0.15, 0.2) is 0 Å². The van der Waals surface area contributed by atoms with Crippen LogP contribution < -0.4 is 5.73 Å². The molecular formula is C11H22N4. The molecule has 2 N–H and O–H groups in total. The van der Waals surface area contributed by atoms with Crippen molar-refractivity contribution in [1.82, 2.24) is 9.80 Å². The summed E-state index contributed by atoms with van der Waals surface area (Å²) in [4.78, 5) is 9.25. The predicted molar refractivity (Wildman–Crippen MR) is 63.2 cm³/mol. The Bertz CT molecular complexity index is 247. The van der Waals surface area contributed by atoms with E-state index < -0.39 is 0 Å². The van der Waals surface area contributed by atoms with Crippen molar-refractivity contribution in [3.05, 3.63) is 0 Å². The molecule has 0 spiro atoms. The number of hydrogen-bond donors (Lipinski definition) is 1. The second-order valence-corrected chi connectivity index (χ2v) is 4.90. The van der Waals surface area contributed by atoms with Crippen LogP contribution in [-0.2, 0) is 0 Å². The Balaban J connectivity index is 2.02. The summed E-state index contributed by atoms with van der Waals surface area (Å²) in [6.45, 7) is 3.30. The normalized spacial score (nSPS) is 31.6. The molecular weight excluding hydrogens is 188 g/mol. The van der Waals surface area contributed by atoms with Crippen LogP contribution in [0.1, 0.15) is 19.3 Å². The van der Waals surface area contributed by atoms with Gasteiger partial charge in [0.1, 0.15) is 5.84 Å². The van der Waals surface area contributed by atoms with E-state index in [-0.39, 0.29) is 0 Å². The zero-order valence-electron chi connectivity index (χ0n) is 9.82. The van der Waals surface area contributed by atoms with Gasteiger partial charge in [-0.05, 0) is 46.4 Å². The van der Waals surface area contributed by atoms with Crippen molar-refractivity contribution >= 4 is 5.84 Å². The molecule has 0 aromatic rings. The van der Waals surface area contributed by atoms with Gasteiger partial charge in [0, 0.05) is 6.54 Å². The van der Waals surface area contributed by atoms with Crippen molar-refractivity contribution in [2.45, 2.75) is 31.3 Å². The maximum absolute atomic E-state index is 6.09. The lowest BCUT2D eigenvalue weighted by molar-refractivity contribution is 0.277. The zero-order valence-corrected chi connectivity index (χ0v) is 9.82. The van der Waals surface area contributed by atoms with Gasteiger partial charge in [-0.3, -0.25) is 9.89 Å². The second-order valence-electron chi connectivity index (χ2n) is 4.90. The Hall–Kier alpha value is -0.610. The molecule has 4 heteroatoms. The molecule has 0 aromatic heterocycles. The first-order valence-electron chi connectivity index (χ1n) is 5.89. The van der Waals surface area contributed by atoms with Crippen LogP contribution in [0.25, 0.3) is 0 Å². The summed E-state index contributed by atoms with van der Waals surface area (Å²) in [6, 6.07) is 0.852. The van der Waals surface area contributed by atoms with Crippen molar-refractivity contribution in [3.63, 3.8) is 0 Å². The minimum atomic E-state index is 0.318. The van der Waals surface area contributed by atoms with Gasteiger partial charge in [-0.2, -0.15) is 0 Å². The fourth-order valence-corrected chi connectivity index (χ4v) is 2.09. The van der Waals surface area contributed by atoms with Gasteiger partial charge in [0.2, 0.25) is 0 Å². The Labute approximate surface area is 92.1 Å². The van der Waals surface area contributed by atoms with E-state index in [2.05, 4.69) is 28.9 Å². The highest BCUT2D eigenvalue weighted by molar-refractivity contribution is 5.86. The van der Waals surface area contributed by atoms with E-state index in [0.29, 0.717) is 12.1 Å². The molecule has 1 aliphatic heterocycles. The van der Waals surface area contributed by atoms with Crippen LogP contribution in [-0.4, -0.2) is 61.4 Å². The first kappa shape index (κ1) is 10.9. The highest BCUT2D eigenvalue weighted by Gasteiger charge is 2.26. The van der Waals surface area contributed by atoms with Gasteiger partial charge in [0.05, 0.1) is 12.1 Å². The predicted octanol–water partition coefficient (Wildman–Crippen LogP) is 0.142. The standard InChI is InChI=1S/C11H22N4/c1-14-6-3-7-15(2)10(8-14)11(12)13-9-4-5-9/h9-10H,3-8H2,1-2H3,(H2,12,13). The van der Waals surface area contributed by atoms with Crippen molar-refractivity contribution in [3.8, 4) is 0 Å². The molecule has 1 saturated heterocycles. The van der Waals surface area contributed by atoms with Gasteiger partial charge in [-0.1, -0.05) is 0 Å². The van der Waals surface area contributed by atoms with E-state index in [1.807, 2.05) is 0 Å². The molecule has 2 fully saturated rings. The number of nitrogens with zero attached hydrogens (tertiary/aromatic N) is 3. The largest absolute Gasteiger partial charge is 0.386 e. The molecule has 15 heavy (non-hydrogen) atoms. The topological polar surface area (TPSA) is 44.9 Å². The molecule has 1 aliphatic carbocycles. The minimum absolute atomic E-state index is 0.318. The Kier molecular flexibility index (Phi) is 3.26. The minimum Gasteiger partial charge on any atom is -0.386 e. The van der Waals surface area contributed by atoms with Crippen molar-refractivity contribution in [2.24, 2.45) is 10.7 Å². The van der Waals surface area contributed by atoms with E-state index >= 15 is 0 Å². The van der Waals surface area contributed by atoms with Crippen LogP contribution in [0.15, 0.2) is 4.99 Å². The molecule has 1 atom stereocenters. The average Bonchev–Trinajstić information content (AvgIpc) is 2.97. The monoisotopic (exact) mass is 210 g/mol. The third kappa shape index (κ3) is 2.92. The second kappa shape index (κ2) is 4.49. The number of amidine groups is 1. The van der Waals surface area contributed by atoms with E-state index in [0.717, 1.165) is 25.5 Å². The van der Waals surface area contributed by atoms with Crippen LogP contribution >= 0.6 is 0 Å². The van der Waals surface area contributed by atoms with Crippen LogP contribution in [0.3, 0.4) is 0 Å². The lowest BCUT2D eigenvalue weighted by Crippen LogP contribution is -2.47. The summed E-state index contributed by atoms with van der Waals surface area (Å²) in [5.41, 5.74) is 6.09. The van der Waals surface area contributed by atoms with Crippen molar-refractivity contribution in [2.75, 3.05) is 33.7 Å². The summed E-state index contributed by atoms with van der Waals surface area (Å²) < 4.78 is 0. The fourth-order valence-electron chi connectivity index (χ4n) is 2.09. The van der Waals surface area contributed by atoms with Gasteiger partial charge in [-0.15, -0.1) is 0 Å². The molecule has 4 nitrogen and oxygen atoms in total. The molecule has 1 unspecified atom stereocenters. The molecule has 0 radical (unpaired) electrons. The van der Waals surface area contributed by atoms with E-state index in [1.54, 1.807) is 0 Å². The number of likely N-dealkylation sites (N-methyl/N-ethyl adjacent to an activating group) is 2. The zero-order chi connectivity index (χ0) is 10.8.